The molecule has 0 aliphatic rings. The van der Waals surface area contributed by atoms with E-state index in [4.69, 9.17) is 14.2 Å². The maximum atomic E-state index is 13.2. The number of benzene rings is 1. The molecule has 0 radical (unpaired) electrons. The summed E-state index contributed by atoms with van der Waals surface area (Å²) in [4.78, 5) is 27.4. The normalized spacial score (nSPS) is 14.7. The molecule has 0 unspecified atom stereocenters. The Morgan fingerprint density at radius 2 is 1.65 bits per heavy atom. The SMILES string of the molecule is COCCCOc1cc(C[C@@H](C[C@H](N=[N+]=[N-])[C@@H](O)C[C@H](C(=O)NCC(C)(C)CNC(=O)C(F)(F)F)C(C)C)C(C)C)ccc1OC. The van der Waals surface area contributed by atoms with Crippen LogP contribution in [0.25, 0.3) is 10.4 Å². The molecule has 0 saturated carbocycles. The van der Waals surface area contributed by atoms with Crippen LogP contribution in [0, 0.1) is 29.1 Å². The number of nitrogens with one attached hydrogen (secondary N) is 2. The lowest BCUT2D eigenvalue weighted by atomic mass is 9.80. The minimum Gasteiger partial charge on any atom is -0.493 e. The van der Waals surface area contributed by atoms with Crippen molar-refractivity contribution < 1.29 is 42.1 Å². The Labute approximate surface area is 270 Å². The zero-order valence-electron chi connectivity index (χ0n) is 28.3. The summed E-state index contributed by atoms with van der Waals surface area (Å²) in [5.74, 6) is -1.89. The predicted octanol–water partition coefficient (Wildman–Crippen LogP) is 5.84. The van der Waals surface area contributed by atoms with Gasteiger partial charge in [-0.15, -0.1) is 0 Å². The van der Waals surface area contributed by atoms with Gasteiger partial charge in [0.25, 0.3) is 0 Å². The van der Waals surface area contributed by atoms with Crippen LogP contribution in [0.1, 0.15) is 66.4 Å². The van der Waals surface area contributed by atoms with Crippen molar-refractivity contribution in [3.63, 3.8) is 0 Å². The summed E-state index contributed by atoms with van der Waals surface area (Å²) < 4.78 is 54.2. The lowest BCUT2D eigenvalue weighted by molar-refractivity contribution is -0.174. The summed E-state index contributed by atoms with van der Waals surface area (Å²) in [6.07, 6.45) is -4.38. The Balaban J connectivity index is 2.99. The molecule has 3 N–H and O–H groups in total. The summed E-state index contributed by atoms with van der Waals surface area (Å²) in [6.45, 7) is 11.7. The highest BCUT2D eigenvalue weighted by Gasteiger charge is 2.39. The summed E-state index contributed by atoms with van der Waals surface area (Å²) in [7, 11) is 3.20. The van der Waals surface area contributed by atoms with E-state index in [1.807, 2.05) is 37.4 Å². The van der Waals surface area contributed by atoms with Crippen LogP contribution < -0.4 is 20.1 Å². The smallest absolute Gasteiger partial charge is 0.471 e. The largest absolute Gasteiger partial charge is 0.493 e. The molecule has 0 aliphatic carbocycles. The topological polar surface area (TPSA) is 155 Å². The molecule has 0 aliphatic heterocycles. The number of methoxy groups -OCH3 is 2. The molecule has 1 aromatic rings. The second kappa shape index (κ2) is 19.4. The van der Waals surface area contributed by atoms with Crippen LogP contribution in [-0.4, -0.2) is 75.8 Å². The van der Waals surface area contributed by atoms with Crippen molar-refractivity contribution >= 4 is 11.8 Å². The third kappa shape index (κ3) is 14.5. The molecule has 0 aromatic heterocycles. The second-order valence-electron chi connectivity index (χ2n) is 13.1. The highest BCUT2D eigenvalue weighted by Crippen LogP contribution is 2.33. The van der Waals surface area contributed by atoms with Gasteiger partial charge < -0.3 is 30.0 Å². The quantitative estimate of drug-likeness (QED) is 0.0652. The Kier molecular flexibility index (Phi) is 17.2. The first kappa shape index (κ1) is 40.8. The number of hydrogen-bond acceptors (Lipinski definition) is 7. The van der Waals surface area contributed by atoms with Crippen LogP contribution in [0.5, 0.6) is 11.5 Å². The minimum absolute atomic E-state index is 0.00156. The molecule has 0 saturated heterocycles. The molecule has 262 valence electrons. The van der Waals surface area contributed by atoms with E-state index in [1.54, 1.807) is 28.1 Å². The van der Waals surface area contributed by atoms with Crippen molar-refractivity contribution in [2.24, 2.45) is 34.2 Å². The van der Waals surface area contributed by atoms with Gasteiger partial charge in [-0.3, -0.25) is 9.59 Å². The minimum atomic E-state index is -4.99. The Hall–Kier alpha value is -3.22. The highest BCUT2D eigenvalue weighted by molar-refractivity contribution is 5.81. The van der Waals surface area contributed by atoms with Gasteiger partial charge in [0.1, 0.15) is 0 Å². The molecule has 11 nitrogen and oxygen atoms in total. The summed E-state index contributed by atoms with van der Waals surface area (Å²) in [6, 6.07) is 4.92. The van der Waals surface area contributed by atoms with Crippen molar-refractivity contribution in [2.45, 2.75) is 85.5 Å². The van der Waals surface area contributed by atoms with E-state index < -0.39 is 35.6 Å². The van der Waals surface area contributed by atoms with Crippen molar-refractivity contribution in [2.75, 3.05) is 40.5 Å². The van der Waals surface area contributed by atoms with Crippen LogP contribution in [0.3, 0.4) is 0 Å². The van der Waals surface area contributed by atoms with Crippen LogP contribution in [-0.2, 0) is 20.7 Å². The van der Waals surface area contributed by atoms with Gasteiger partial charge in [-0.05, 0) is 65.7 Å². The third-order valence-electron chi connectivity index (χ3n) is 7.97. The van der Waals surface area contributed by atoms with Crippen LogP contribution in [0.2, 0.25) is 0 Å². The molecule has 14 heteroatoms. The predicted molar refractivity (Wildman–Crippen MR) is 169 cm³/mol. The zero-order valence-corrected chi connectivity index (χ0v) is 28.3. The Morgan fingerprint density at radius 1 is 1.00 bits per heavy atom. The van der Waals surface area contributed by atoms with Gasteiger partial charge >= 0.3 is 12.1 Å². The maximum absolute atomic E-state index is 13.2. The number of halogens is 3. The van der Waals surface area contributed by atoms with Gasteiger partial charge in [0.2, 0.25) is 5.91 Å². The lowest BCUT2D eigenvalue weighted by Gasteiger charge is -2.31. The Bertz CT molecular complexity index is 1140. The molecule has 1 rings (SSSR count). The number of azide groups is 1. The summed E-state index contributed by atoms with van der Waals surface area (Å²) in [5.41, 5.74) is 9.46. The number of alkyl halides is 3. The van der Waals surface area contributed by atoms with Crippen LogP contribution in [0.4, 0.5) is 13.2 Å². The number of ether oxygens (including phenoxy) is 3. The van der Waals surface area contributed by atoms with E-state index in [1.165, 1.54) is 0 Å². The van der Waals surface area contributed by atoms with Crippen molar-refractivity contribution in [3.05, 3.63) is 34.2 Å². The lowest BCUT2D eigenvalue weighted by Crippen LogP contribution is -2.47. The van der Waals surface area contributed by atoms with E-state index in [-0.39, 0.29) is 43.2 Å². The first-order valence-corrected chi connectivity index (χ1v) is 15.6. The summed E-state index contributed by atoms with van der Waals surface area (Å²) >= 11 is 0. The molecular weight excluding hydrogens is 607 g/mol. The molecule has 0 spiro atoms. The number of carbonyl (C=O) groups excluding carboxylic acids is 2. The Morgan fingerprint density at radius 3 is 2.20 bits per heavy atom. The zero-order chi connectivity index (χ0) is 35.1. The van der Waals surface area contributed by atoms with E-state index in [0.717, 1.165) is 12.0 Å². The molecule has 0 heterocycles. The van der Waals surface area contributed by atoms with Crippen LogP contribution in [0.15, 0.2) is 23.3 Å². The molecule has 46 heavy (non-hydrogen) atoms. The maximum Gasteiger partial charge on any atom is 0.471 e. The molecule has 0 bridgehead atoms. The van der Waals surface area contributed by atoms with Crippen molar-refractivity contribution in [1.82, 2.24) is 10.6 Å². The number of nitrogens with zero attached hydrogens (tertiary/aromatic N) is 3. The molecule has 2 amide bonds. The fourth-order valence-corrected chi connectivity index (χ4v) is 4.94. The van der Waals surface area contributed by atoms with Gasteiger partial charge in [-0.1, -0.05) is 52.7 Å². The van der Waals surface area contributed by atoms with E-state index >= 15 is 0 Å². The average molecular weight is 660 g/mol. The average Bonchev–Trinajstić information content (AvgIpc) is 2.98. The van der Waals surface area contributed by atoms with Gasteiger partial charge in [0.05, 0.1) is 25.9 Å². The van der Waals surface area contributed by atoms with Gasteiger partial charge in [0.15, 0.2) is 11.5 Å². The first-order chi connectivity index (χ1) is 21.4. The molecular formula is C32H52F3N5O6. The number of hydrogen-bond donors (Lipinski definition) is 3. The number of amides is 2. The molecule has 4 atom stereocenters. The fourth-order valence-electron chi connectivity index (χ4n) is 4.94. The van der Waals surface area contributed by atoms with Crippen LogP contribution >= 0.6 is 0 Å². The molecule has 0 fully saturated rings. The number of rotatable bonds is 21. The number of aliphatic hydroxyl groups is 1. The van der Waals surface area contributed by atoms with Crippen molar-refractivity contribution in [3.8, 4) is 11.5 Å². The van der Waals surface area contributed by atoms with Gasteiger partial charge in [0, 0.05) is 44.1 Å². The summed E-state index contributed by atoms with van der Waals surface area (Å²) in [5, 5.41) is 19.8. The standard InChI is InChI=1S/C32H52F3N5O6/c1-20(2)23(14-22-10-11-27(45-8)28(15-22)46-13-9-12-44-7)16-25(39-40-36)26(41)17-24(21(3)4)29(42)37-18-31(5,6)19-38-30(43)32(33,34)35/h10-11,15,20-21,23-26,41H,9,12-14,16-19H2,1-8H3,(H,37,42)(H,38,43)/t23-,24-,25-,26-/m0/s1. The first-order valence-electron chi connectivity index (χ1n) is 15.6. The number of aliphatic hydroxyl groups excluding tert-OH is 1. The van der Waals surface area contributed by atoms with E-state index in [9.17, 15) is 33.4 Å². The number of carbonyl (C=O) groups is 2. The van der Waals surface area contributed by atoms with Gasteiger partial charge in [-0.25, -0.2) is 0 Å². The van der Waals surface area contributed by atoms with E-state index in [2.05, 4.69) is 29.2 Å². The highest BCUT2D eigenvalue weighted by atomic mass is 19.4. The van der Waals surface area contributed by atoms with Crippen molar-refractivity contribution in [1.29, 1.82) is 0 Å². The fraction of sp³-hybridized carbons (Fsp3) is 0.750. The monoisotopic (exact) mass is 659 g/mol. The second-order valence-corrected chi connectivity index (χ2v) is 13.1. The third-order valence-corrected chi connectivity index (χ3v) is 7.97. The van der Waals surface area contributed by atoms with E-state index in [0.29, 0.717) is 37.6 Å². The van der Waals surface area contributed by atoms with Gasteiger partial charge in [-0.2, -0.15) is 13.2 Å². The molecule has 1 aromatic carbocycles.